The molecule has 4 atom stereocenters. The molecule has 4 N–H and O–H groups in total. The SMILES string of the molecule is [2H]N1C[C@H](O)[C@@H](O)[C@H](O)[C@H]1C. The van der Waals surface area contributed by atoms with Crippen LogP contribution in [0.1, 0.15) is 6.92 Å². The maximum Gasteiger partial charge on any atom is 0.123 e. The lowest BCUT2D eigenvalue weighted by atomic mass is 9.98. The third kappa shape index (κ3) is 1.29. The molecule has 0 amide bonds. The highest BCUT2D eigenvalue weighted by molar-refractivity contribution is 4.89. The Labute approximate surface area is 61.0 Å². The van der Waals surface area contributed by atoms with Crippen LogP contribution in [0.15, 0.2) is 0 Å². The third-order valence-corrected chi connectivity index (χ3v) is 1.82. The van der Waals surface area contributed by atoms with Gasteiger partial charge in [-0.3, -0.25) is 0 Å². The largest absolute Gasteiger partial charge is 0.389 e. The molecule has 0 aromatic heterocycles. The van der Waals surface area contributed by atoms with E-state index in [9.17, 15) is 5.11 Å². The van der Waals surface area contributed by atoms with Crippen molar-refractivity contribution < 1.29 is 16.7 Å². The predicted molar refractivity (Wildman–Crippen MR) is 35.5 cm³/mol. The van der Waals surface area contributed by atoms with Crippen molar-refractivity contribution in [2.45, 2.75) is 31.3 Å². The van der Waals surface area contributed by atoms with Crippen LogP contribution in [0.3, 0.4) is 0 Å². The van der Waals surface area contributed by atoms with Gasteiger partial charge in [-0.25, -0.2) is 0 Å². The standard InChI is InChI=1S/C6H13NO3/c1-3-5(9)6(10)4(8)2-7-3/h3-10H,2H2,1H3/t3-,4+,5-,6-/m1/s1/i/hD. The molecule has 1 rings (SSSR count). The molecular formula is C6H13NO3. The Morgan fingerprint density at radius 3 is 2.60 bits per heavy atom. The fraction of sp³-hybridized carbons (Fsp3) is 1.00. The van der Waals surface area contributed by atoms with Crippen molar-refractivity contribution in [3.63, 3.8) is 0 Å². The van der Waals surface area contributed by atoms with E-state index in [0.717, 1.165) is 5.31 Å². The molecule has 0 radical (unpaired) electrons. The number of hydrogen-bond acceptors (Lipinski definition) is 4. The molecule has 1 heterocycles. The molecule has 4 heteroatoms. The van der Waals surface area contributed by atoms with Gasteiger partial charge in [-0.1, -0.05) is 0 Å². The Hall–Kier alpha value is -0.160. The number of aliphatic hydroxyl groups is 3. The number of β-amino-alcohol motifs (C(OH)–C–C–N with tert-alkyl or cyclic N) is 1. The minimum absolute atomic E-state index is 0.0827. The number of aliphatic hydroxyl groups excluding tert-OH is 3. The smallest absolute Gasteiger partial charge is 0.123 e. The van der Waals surface area contributed by atoms with E-state index in [1.165, 1.54) is 0 Å². The average molecular weight is 148 g/mol. The predicted octanol–water partition coefficient (Wildman–Crippen LogP) is -1.94. The number of rotatable bonds is 0. The monoisotopic (exact) mass is 148 g/mol. The summed E-state index contributed by atoms with van der Waals surface area (Å²) in [4.78, 5) is 0. The van der Waals surface area contributed by atoms with Crippen LogP contribution in [0, 0.1) is 0 Å². The molecule has 0 unspecified atom stereocenters. The summed E-state index contributed by atoms with van der Waals surface area (Å²) in [6, 6.07) is -0.423. The molecule has 1 fully saturated rings. The number of nitrogens with one attached hydrogen (secondary N) is 1. The first kappa shape index (κ1) is 6.54. The van der Waals surface area contributed by atoms with E-state index in [2.05, 4.69) is 0 Å². The fourth-order valence-corrected chi connectivity index (χ4v) is 1.00. The normalized spacial score (nSPS) is 52.6. The summed E-state index contributed by atoms with van der Waals surface area (Å²) in [7, 11) is 0. The van der Waals surface area contributed by atoms with Crippen molar-refractivity contribution in [1.29, 1.82) is 0 Å². The fourth-order valence-electron chi connectivity index (χ4n) is 1.00. The molecule has 1 aliphatic rings. The first-order chi connectivity index (χ1) is 5.04. The van der Waals surface area contributed by atoms with Gasteiger partial charge >= 0.3 is 0 Å². The van der Waals surface area contributed by atoms with E-state index in [-0.39, 0.29) is 6.54 Å². The summed E-state index contributed by atoms with van der Waals surface area (Å²) in [5.41, 5.74) is 0. The summed E-state index contributed by atoms with van der Waals surface area (Å²) >= 11 is 0. The van der Waals surface area contributed by atoms with Gasteiger partial charge in [-0.05, 0) is 6.92 Å². The van der Waals surface area contributed by atoms with Gasteiger partial charge in [0.05, 0.1) is 12.2 Å². The van der Waals surface area contributed by atoms with E-state index in [1.807, 2.05) is 0 Å². The first-order valence-corrected chi connectivity index (χ1v) is 3.33. The van der Waals surface area contributed by atoms with E-state index in [1.54, 1.807) is 6.92 Å². The second kappa shape index (κ2) is 2.84. The molecule has 4 nitrogen and oxygen atoms in total. The Morgan fingerprint density at radius 1 is 1.40 bits per heavy atom. The quantitative estimate of drug-likeness (QED) is 0.322. The zero-order chi connectivity index (χ0) is 8.59. The number of hydrogen-bond donors (Lipinski definition) is 4. The molecule has 0 aromatic carbocycles. The Bertz CT molecular complexity index is 132. The minimum atomic E-state index is -1.12. The maximum atomic E-state index is 9.22. The van der Waals surface area contributed by atoms with Crippen molar-refractivity contribution in [2.75, 3.05) is 6.54 Å². The second-order valence-corrected chi connectivity index (χ2v) is 2.65. The van der Waals surface area contributed by atoms with Crippen LogP contribution in [0.25, 0.3) is 0 Å². The van der Waals surface area contributed by atoms with Gasteiger partial charge in [0.2, 0.25) is 0 Å². The topological polar surface area (TPSA) is 72.7 Å². The molecule has 0 aromatic rings. The van der Waals surface area contributed by atoms with Gasteiger partial charge in [0.1, 0.15) is 7.52 Å². The highest BCUT2D eigenvalue weighted by atomic mass is 16.4. The lowest BCUT2D eigenvalue weighted by Gasteiger charge is -2.33. The van der Waals surface area contributed by atoms with Gasteiger partial charge in [-0.2, -0.15) is 0 Å². The highest BCUT2D eigenvalue weighted by Crippen LogP contribution is 2.09. The Balaban J connectivity index is 2.63. The van der Waals surface area contributed by atoms with Gasteiger partial charge in [0.15, 0.2) is 0 Å². The van der Waals surface area contributed by atoms with Crippen LogP contribution >= 0.6 is 0 Å². The average Bonchev–Trinajstić information content (AvgIpc) is 1.97. The zero-order valence-electron chi connectivity index (χ0n) is 6.81. The van der Waals surface area contributed by atoms with Gasteiger partial charge < -0.3 is 20.6 Å². The summed E-state index contributed by atoms with van der Waals surface area (Å²) in [6.07, 6.45) is -3.17. The van der Waals surface area contributed by atoms with E-state index < -0.39 is 24.4 Å². The molecule has 60 valence electrons. The van der Waals surface area contributed by atoms with Crippen LogP contribution in [-0.2, 0) is 0 Å². The van der Waals surface area contributed by atoms with E-state index in [4.69, 9.17) is 11.6 Å². The summed E-state index contributed by atoms with van der Waals surface area (Å²) in [6.45, 7) is 1.71. The molecule has 0 spiro atoms. The summed E-state index contributed by atoms with van der Waals surface area (Å²) < 4.78 is 7.23. The Kier molecular flexibility index (Phi) is 1.86. The van der Waals surface area contributed by atoms with Crippen molar-refractivity contribution in [3.8, 4) is 0 Å². The van der Waals surface area contributed by atoms with Crippen molar-refractivity contribution in [2.24, 2.45) is 0 Å². The van der Waals surface area contributed by atoms with Crippen molar-refractivity contribution in [3.05, 3.63) is 0 Å². The molecule has 0 bridgehead atoms. The maximum absolute atomic E-state index is 9.22. The first-order valence-electron chi connectivity index (χ1n) is 3.78. The molecule has 0 saturated carbocycles. The van der Waals surface area contributed by atoms with Crippen LogP contribution in [0.4, 0.5) is 0 Å². The van der Waals surface area contributed by atoms with E-state index in [0.29, 0.717) is 0 Å². The van der Waals surface area contributed by atoms with Crippen LogP contribution in [-0.4, -0.2) is 46.2 Å². The molecule has 1 aliphatic heterocycles. The third-order valence-electron chi connectivity index (χ3n) is 1.82. The van der Waals surface area contributed by atoms with Crippen molar-refractivity contribution in [1.82, 2.24) is 5.31 Å². The highest BCUT2D eigenvalue weighted by Gasteiger charge is 2.33. The second-order valence-electron chi connectivity index (χ2n) is 2.65. The van der Waals surface area contributed by atoms with Crippen LogP contribution in [0.5, 0.6) is 0 Å². The molecule has 0 aliphatic carbocycles. The van der Waals surface area contributed by atoms with Gasteiger partial charge in [-0.15, -0.1) is 0 Å². The Morgan fingerprint density at radius 2 is 2.00 bits per heavy atom. The van der Waals surface area contributed by atoms with Crippen LogP contribution in [0.2, 0.25) is 1.41 Å². The van der Waals surface area contributed by atoms with E-state index >= 15 is 0 Å². The molecular weight excluding hydrogens is 134 g/mol. The molecule has 1 saturated heterocycles. The zero-order valence-corrected chi connectivity index (χ0v) is 5.81. The molecule has 10 heavy (non-hydrogen) atoms. The lowest BCUT2D eigenvalue weighted by molar-refractivity contribution is -0.0910. The summed E-state index contributed by atoms with van der Waals surface area (Å²) in [5.74, 6) is 0. The van der Waals surface area contributed by atoms with Gasteiger partial charge in [0, 0.05) is 12.6 Å². The summed E-state index contributed by atoms with van der Waals surface area (Å²) in [5, 5.41) is 28.5. The lowest BCUT2D eigenvalue weighted by Crippen LogP contribution is -2.58. The minimum Gasteiger partial charge on any atom is -0.389 e. The number of piperidine rings is 1. The van der Waals surface area contributed by atoms with Crippen molar-refractivity contribution >= 4 is 0 Å². The van der Waals surface area contributed by atoms with Crippen LogP contribution < -0.4 is 5.31 Å². The van der Waals surface area contributed by atoms with Gasteiger partial charge in [0.25, 0.3) is 0 Å².